The van der Waals surface area contributed by atoms with E-state index in [1.54, 1.807) is 23.4 Å². The van der Waals surface area contributed by atoms with Crippen molar-refractivity contribution in [2.24, 2.45) is 0 Å². The summed E-state index contributed by atoms with van der Waals surface area (Å²) in [7, 11) is 0. The Bertz CT molecular complexity index is 626. The number of fused-ring (bicyclic) bond motifs is 1. The maximum absolute atomic E-state index is 13.1. The highest BCUT2D eigenvalue weighted by atomic mass is 35.5. The van der Waals surface area contributed by atoms with E-state index in [0.29, 0.717) is 6.54 Å². The number of hydrogen-bond donors (Lipinski definition) is 1. The lowest BCUT2D eigenvalue weighted by Gasteiger charge is -2.35. The third-order valence-electron chi connectivity index (χ3n) is 3.55. The molecular weight excluding hydrogens is 281 g/mol. The molecule has 0 spiro atoms. The molecule has 2 aromatic rings. The van der Waals surface area contributed by atoms with Crippen LogP contribution in [0, 0.1) is 5.82 Å². The van der Waals surface area contributed by atoms with Gasteiger partial charge in [0.05, 0.1) is 12.0 Å². The Hall–Kier alpha value is -1.88. The zero-order chi connectivity index (χ0) is 14.1. The number of rotatable bonds is 2. The average molecular weight is 294 g/mol. The number of nitrogens with one attached hydrogen (secondary N) is 1. The first-order valence-corrected chi connectivity index (χ1v) is 6.87. The van der Waals surface area contributed by atoms with Gasteiger partial charge in [-0.15, -0.1) is 11.6 Å². The SMILES string of the molecule is O=C(CCl)N1CCc2[nH]cnc2C1c1ccc(F)cc1. The molecule has 1 N–H and O–H groups in total. The number of carbonyl (C=O) groups excluding carboxylic acids is 1. The normalized spacial score (nSPS) is 17.9. The highest BCUT2D eigenvalue weighted by Crippen LogP contribution is 2.33. The van der Waals surface area contributed by atoms with E-state index in [0.717, 1.165) is 23.4 Å². The molecular formula is C14H13ClFN3O. The Labute approximate surface area is 120 Å². The van der Waals surface area contributed by atoms with Crippen LogP contribution in [0.4, 0.5) is 4.39 Å². The summed E-state index contributed by atoms with van der Waals surface area (Å²) in [4.78, 5) is 21.1. The number of carbonyl (C=O) groups is 1. The summed E-state index contributed by atoms with van der Waals surface area (Å²) in [6.45, 7) is 0.572. The smallest absolute Gasteiger partial charge is 0.238 e. The van der Waals surface area contributed by atoms with E-state index in [2.05, 4.69) is 9.97 Å². The number of benzene rings is 1. The number of halogens is 2. The topological polar surface area (TPSA) is 49.0 Å². The van der Waals surface area contributed by atoms with Crippen LogP contribution in [0.1, 0.15) is 23.0 Å². The molecule has 0 radical (unpaired) electrons. The van der Waals surface area contributed by atoms with Crippen molar-refractivity contribution in [1.82, 2.24) is 14.9 Å². The van der Waals surface area contributed by atoms with Gasteiger partial charge in [0, 0.05) is 18.7 Å². The van der Waals surface area contributed by atoms with E-state index < -0.39 is 0 Å². The lowest BCUT2D eigenvalue weighted by Crippen LogP contribution is -2.41. The molecule has 104 valence electrons. The molecule has 1 aliphatic heterocycles. The highest BCUT2D eigenvalue weighted by Gasteiger charge is 2.33. The lowest BCUT2D eigenvalue weighted by atomic mass is 9.95. The molecule has 1 unspecified atom stereocenters. The summed E-state index contributed by atoms with van der Waals surface area (Å²) in [6.07, 6.45) is 2.34. The average Bonchev–Trinajstić information content (AvgIpc) is 2.95. The first-order valence-electron chi connectivity index (χ1n) is 6.33. The molecule has 6 heteroatoms. The molecule has 0 saturated heterocycles. The van der Waals surface area contributed by atoms with Crippen molar-refractivity contribution in [1.29, 1.82) is 0 Å². The number of nitrogens with zero attached hydrogens (tertiary/aromatic N) is 2. The van der Waals surface area contributed by atoms with Gasteiger partial charge in [-0.05, 0) is 17.7 Å². The zero-order valence-electron chi connectivity index (χ0n) is 10.6. The van der Waals surface area contributed by atoms with Crippen LogP contribution in [0.2, 0.25) is 0 Å². The molecule has 0 bridgehead atoms. The predicted molar refractivity (Wildman–Crippen MR) is 73.0 cm³/mol. The van der Waals surface area contributed by atoms with Gasteiger partial charge in [-0.1, -0.05) is 12.1 Å². The second kappa shape index (κ2) is 5.25. The fourth-order valence-corrected chi connectivity index (χ4v) is 2.76. The highest BCUT2D eigenvalue weighted by molar-refractivity contribution is 6.27. The summed E-state index contributed by atoms with van der Waals surface area (Å²) in [5.41, 5.74) is 2.65. The fraction of sp³-hybridized carbons (Fsp3) is 0.286. The Balaban J connectivity index is 2.06. The van der Waals surface area contributed by atoms with Crippen LogP contribution in [0.25, 0.3) is 0 Å². The van der Waals surface area contributed by atoms with Crippen LogP contribution in [-0.2, 0) is 11.2 Å². The third-order valence-corrected chi connectivity index (χ3v) is 3.77. The van der Waals surface area contributed by atoms with Crippen LogP contribution in [0.3, 0.4) is 0 Å². The van der Waals surface area contributed by atoms with Crippen molar-refractivity contribution in [3.63, 3.8) is 0 Å². The fourth-order valence-electron chi connectivity index (χ4n) is 2.60. The van der Waals surface area contributed by atoms with Gasteiger partial charge in [0.2, 0.25) is 5.91 Å². The van der Waals surface area contributed by atoms with E-state index in [1.807, 2.05) is 0 Å². The number of amides is 1. The number of aromatic nitrogens is 2. The standard InChI is InChI=1S/C14H13ClFN3O/c15-7-12(20)19-6-5-11-13(18-8-17-11)14(19)9-1-3-10(16)4-2-9/h1-4,8,14H,5-7H2,(H,17,18). The Morgan fingerprint density at radius 2 is 2.20 bits per heavy atom. The molecule has 1 aromatic carbocycles. The lowest BCUT2D eigenvalue weighted by molar-refractivity contribution is -0.130. The molecule has 20 heavy (non-hydrogen) atoms. The second-order valence-electron chi connectivity index (χ2n) is 4.69. The molecule has 0 aliphatic carbocycles. The van der Waals surface area contributed by atoms with Gasteiger partial charge in [-0.3, -0.25) is 4.79 Å². The van der Waals surface area contributed by atoms with Gasteiger partial charge in [-0.2, -0.15) is 0 Å². The summed E-state index contributed by atoms with van der Waals surface area (Å²) < 4.78 is 13.1. The first-order chi connectivity index (χ1) is 9.70. The predicted octanol–water partition coefficient (Wildman–Crippen LogP) is 2.26. The molecule has 0 saturated carbocycles. The third kappa shape index (κ3) is 2.18. The maximum atomic E-state index is 13.1. The molecule has 2 heterocycles. The van der Waals surface area contributed by atoms with Crippen LogP contribution in [-0.4, -0.2) is 33.2 Å². The van der Waals surface area contributed by atoms with Crippen molar-refractivity contribution in [2.45, 2.75) is 12.5 Å². The minimum atomic E-state index is -0.308. The van der Waals surface area contributed by atoms with E-state index >= 15 is 0 Å². The van der Waals surface area contributed by atoms with Gasteiger partial charge in [0.25, 0.3) is 0 Å². The molecule has 0 fully saturated rings. The Kier molecular flexibility index (Phi) is 3.44. The molecule has 3 rings (SSSR count). The molecule has 4 nitrogen and oxygen atoms in total. The molecule has 1 amide bonds. The van der Waals surface area contributed by atoms with Gasteiger partial charge in [0.15, 0.2) is 0 Å². The van der Waals surface area contributed by atoms with Crippen LogP contribution in [0.15, 0.2) is 30.6 Å². The second-order valence-corrected chi connectivity index (χ2v) is 4.96. The van der Waals surface area contributed by atoms with Gasteiger partial charge in [-0.25, -0.2) is 9.37 Å². The van der Waals surface area contributed by atoms with Gasteiger partial charge < -0.3 is 9.88 Å². The largest absolute Gasteiger partial charge is 0.348 e. The first kappa shape index (κ1) is 13.1. The summed E-state index contributed by atoms with van der Waals surface area (Å²) in [5.74, 6) is -0.519. The van der Waals surface area contributed by atoms with Crippen molar-refractivity contribution >= 4 is 17.5 Å². The molecule has 1 atom stereocenters. The van der Waals surface area contributed by atoms with Crippen LogP contribution in [0.5, 0.6) is 0 Å². The van der Waals surface area contributed by atoms with Crippen molar-refractivity contribution in [3.05, 3.63) is 53.4 Å². The quantitative estimate of drug-likeness (QED) is 0.864. The summed E-state index contributed by atoms with van der Waals surface area (Å²) >= 11 is 5.68. The monoisotopic (exact) mass is 293 g/mol. The minimum absolute atomic E-state index is 0.0720. The van der Waals surface area contributed by atoms with Crippen LogP contribution >= 0.6 is 11.6 Å². The van der Waals surface area contributed by atoms with Crippen molar-refractivity contribution < 1.29 is 9.18 Å². The number of hydrogen-bond acceptors (Lipinski definition) is 2. The molecule has 1 aliphatic rings. The summed E-state index contributed by atoms with van der Waals surface area (Å²) in [5, 5.41) is 0. The van der Waals surface area contributed by atoms with E-state index in [4.69, 9.17) is 11.6 Å². The number of alkyl halides is 1. The van der Waals surface area contributed by atoms with Crippen LogP contribution < -0.4 is 0 Å². The summed E-state index contributed by atoms with van der Waals surface area (Å²) in [6, 6.07) is 5.83. The zero-order valence-corrected chi connectivity index (χ0v) is 11.4. The van der Waals surface area contributed by atoms with E-state index in [1.165, 1.54) is 12.1 Å². The van der Waals surface area contributed by atoms with E-state index in [-0.39, 0.29) is 23.6 Å². The molecule has 1 aromatic heterocycles. The number of aromatic amines is 1. The van der Waals surface area contributed by atoms with Crippen molar-refractivity contribution in [2.75, 3.05) is 12.4 Å². The Morgan fingerprint density at radius 1 is 1.45 bits per heavy atom. The number of imidazole rings is 1. The van der Waals surface area contributed by atoms with Gasteiger partial charge >= 0.3 is 0 Å². The van der Waals surface area contributed by atoms with Gasteiger partial charge in [0.1, 0.15) is 17.7 Å². The maximum Gasteiger partial charge on any atom is 0.238 e. The Morgan fingerprint density at radius 3 is 2.90 bits per heavy atom. The van der Waals surface area contributed by atoms with Crippen molar-refractivity contribution in [3.8, 4) is 0 Å². The minimum Gasteiger partial charge on any atom is -0.348 e. The van der Waals surface area contributed by atoms with E-state index in [9.17, 15) is 9.18 Å². The number of H-pyrrole nitrogens is 1.